The maximum Gasteiger partial charge on any atom is 0.410 e. The van der Waals surface area contributed by atoms with E-state index in [1.54, 1.807) is 0 Å². The van der Waals surface area contributed by atoms with Gasteiger partial charge in [0.25, 0.3) is 0 Å². The van der Waals surface area contributed by atoms with Crippen LogP contribution in [0.4, 0.5) is 4.79 Å². The summed E-state index contributed by atoms with van der Waals surface area (Å²) < 4.78 is 11.4. The summed E-state index contributed by atoms with van der Waals surface area (Å²) in [5.74, 6) is 0. The molecule has 19 heavy (non-hydrogen) atoms. The number of ether oxygens (including phenoxy) is 2. The molecule has 2 saturated heterocycles. The van der Waals surface area contributed by atoms with Gasteiger partial charge in [-0.15, -0.1) is 0 Å². The quantitative estimate of drug-likeness (QED) is 0.788. The van der Waals surface area contributed by atoms with E-state index in [-0.39, 0.29) is 6.09 Å². The molecule has 2 rings (SSSR count). The summed E-state index contributed by atoms with van der Waals surface area (Å²) in [6, 6.07) is 0.630. The third kappa shape index (κ3) is 3.62. The predicted molar refractivity (Wildman–Crippen MR) is 74.1 cm³/mol. The van der Waals surface area contributed by atoms with Gasteiger partial charge in [0.05, 0.1) is 6.10 Å². The Bertz CT molecular complexity index is 310. The number of carbonyl (C=O) groups is 1. The molecule has 0 aromatic rings. The smallest absolute Gasteiger partial charge is 0.410 e. The number of nitrogens with zero attached hydrogens (tertiary/aromatic N) is 1. The highest BCUT2D eigenvalue weighted by Gasteiger charge is 2.45. The largest absolute Gasteiger partial charge is 0.444 e. The lowest BCUT2D eigenvalue weighted by Crippen LogP contribution is -2.50. The Kier molecular flexibility index (Phi) is 4.39. The lowest BCUT2D eigenvalue weighted by Gasteiger charge is -2.39. The average molecular weight is 269 g/mol. The Labute approximate surface area is 116 Å². The fourth-order valence-electron chi connectivity index (χ4n) is 3.16. The lowest BCUT2D eigenvalue weighted by atomic mass is 10.0. The van der Waals surface area contributed by atoms with Crippen molar-refractivity contribution in [2.75, 3.05) is 6.61 Å². The van der Waals surface area contributed by atoms with Gasteiger partial charge in [-0.25, -0.2) is 4.79 Å². The van der Waals surface area contributed by atoms with Crippen molar-refractivity contribution in [2.24, 2.45) is 0 Å². The first-order valence-corrected chi connectivity index (χ1v) is 7.53. The van der Waals surface area contributed by atoms with Gasteiger partial charge < -0.3 is 14.4 Å². The topological polar surface area (TPSA) is 38.8 Å². The van der Waals surface area contributed by atoms with Crippen molar-refractivity contribution in [1.82, 2.24) is 4.90 Å². The Balaban J connectivity index is 1.93. The summed E-state index contributed by atoms with van der Waals surface area (Å²) in [5, 5.41) is 0. The third-order valence-electron chi connectivity index (χ3n) is 3.85. The second-order valence-corrected chi connectivity index (χ2v) is 6.74. The molecule has 1 unspecified atom stereocenters. The van der Waals surface area contributed by atoms with Crippen LogP contribution in [0.15, 0.2) is 0 Å². The molecule has 0 spiro atoms. The third-order valence-corrected chi connectivity index (χ3v) is 3.85. The molecule has 1 amide bonds. The van der Waals surface area contributed by atoms with E-state index in [0.717, 1.165) is 38.7 Å². The van der Waals surface area contributed by atoms with Crippen LogP contribution in [0.5, 0.6) is 0 Å². The van der Waals surface area contributed by atoms with Gasteiger partial charge in [0.15, 0.2) is 0 Å². The Morgan fingerprint density at radius 2 is 1.79 bits per heavy atom. The predicted octanol–water partition coefficient (Wildman–Crippen LogP) is 3.34. The SMILES string of the molecule is CCCOC1C[C@H]2CC[C@@H](C1)N2C(=O)OC(C)(C)C. The van der Waals surface area contributed by atoms with Crippen LogP contribution in [0.2, 0.25) is 0 Å². The molecule has 0 aromatic carbocycles. The second kappa shape index (κ2) is 5.70. The van der Waals surface area contributed by atoms with Gasteiger partial charge >= 0.3 is 6.09 Å². The Hall–Kier alpha value is -0.770. The first-order valence-electron chi connectivity index (χ1n) is 7.53. The highest BCUT2D eigenvalue weighted by Crippen LogP contribution is 2.37. The van der Waals surface area contributed by atoms with Crippen LogP contribution in [0.25, 0.3) is 0 Å². The van der Waals surface area contributed by atoms with E-state index in [4.69, 9.17) is 9.47 Å². The second-order valence-electron chi connectivity index (χ2n) is 6.74. The normalized spacial score (nSPS) is 30.5. The fourth-order valence-corrected chi connectivity index (χ4v) is 3.16. The molecule has 0 aromatic heterocycles. The van der Waals surface area contributed by atoms with Gasteiger partial charge in [-0.3, -0.25) is 0 Å². The molecular formula is C15H27NO3. The zero-order valence-corrected chi connectivity index (χ0v) is 12.6. The summed E-state index contributed by atoms with van der Waals surface area (Å²) in [6.45, 7) is 8.72. The van der Waals surface area contributed by atoms with Crippen LogP contribution >= 0.6 is 0 Å². The number of amides is 1. The van der Waals surface area contributed by atoms with E-state index in [9.17, 15) is 4.79 Å². The molecule has 2 aliphatic heterocycles. The van der Waals surface area contributed by atoms with E-state index in [2.05, 4.69) is 6.92 Å². The van der Waals surface area contributed by atoms with Gasteiger partial charge in [0.1, 0.15) is 5.60 Å². The number of hydrogen-bond acceptors (Lipinski definition) is 3. The van der Waals surface area contributed by atoms with Gasteiger partial charge in [0, 0.05) is 18.7 Å². The maximum atomic E-state index is 12.3. The van der Waals surface area contributed by atoms with Crippen LogP contribution in [0.3, 0.4) is 0 Å². The van der Waals surface area contributed by atoms with Gasteiger partial charge in [-0.05, 0) is 52.9 Å². The van der Waals surface area contributed by atoms with E-state index < -0.39 is 5.60 Å². The molecule has 3 atom stereocenters. The highest BCUT2D eigenvalue weighted by atomic mass is 16.6. The van der Waals surface area contributed by atoms with Crippen molar-refractivity contribution < 1.29 is 14.3 Å². The van der Waals surface area contributed by atoms with Crippen LogP contribution in [0, 0.1) is 0 Å². The van der Waals surface area contributed by atoms with Gasteiger partial charge in [-0.1, -0.05) is 6.92 Å². The molecule has 2 heterocycles. The van der Waals surface area contributed by atoms with Crippen molar-refractivity contribution >= 4 is 6.09 Å². The minimum absolute atomic E-state index is 0.144. The van der Waals surface area contributed by atoms with Crippen molar-refractivity contribution in [3.63, 3.8) is 0 Å². The monoisotopic (exact) mass is 269 g/mol. The van der Waals surface area contributed by atoms with Crippen LogP contribution < -0.4 is 0 Å². The molecule has 2 aliphatic rings. The van der Waals surface area contributed by atoms with Crippen molar-refractivity contribution in [3.8, 4) is 0 Å². The molecule has 0 radical (unpaired) electrons. The summed E-state index contributed by atoms with van der Waals surface area (Å²) in [5.41, 5.74) is -0.411. The lowest BCUT2D eigenvalue weighted by molar-refractivity contribution is -0.0341. The van der Waals surface area contributed by atoms with E-state index in [0.29, 0.717) is 18.2 Å². The zero-order valence-electron chi connectivity index (χ0n) is 12.6. The van der Waals surface area contributed by atoms with Crippen LogP contribution in [-0.4, -0.2) is 41.4 Å². The zero-order chi connectivity index (χ0) is 14.0. The van der Waals surface area contributed by atoms with Crippen LogP contribution in [-0.2, 0) is 9.47 Å². The van der Waals surface area contributed by atoms with Gasteiger partial charge in [-0.2, -0.15) is 0 Å². The summed E-state index contributed by atoms with van der Waals surface area (Å²) in [7, 11) is 0. The molecule has 0 N–H and O–H groups in total. The molecule has 4 nitrogen and oxygen atoms in total. The van der Waals surface area contributed by atoms with Gasteiger partial charge in [0.2, 0.25) is 0 Å². The number of fused-ring (bicyclic) bond motifs is 2. The number of rotatable bonds is 3. The molecule has 0 aliphatic carbocycles. The minimum atomic E-state index is -0.411. The minimum Gasteiger partial charge on any atom is -0.444 e. The molecule has 4 heteroatoms. The Morgan fingerprint density at radius 3 is 2.26 bits per heavy atom. The first kappa shape index (κ1) is 14.6. The first-order chi connectivity index (χ1) is 8.90. The van der Waals surface area contributed by atoms with Crippen LogP contribution in [0.1, 0.15) is 59.8 Å². The molecule has 2 bridgehead atoms. The molecular weight excluding hydrogens is 242 g/mol. The van der Waals surface area contributed by atoms with E-state index >= 15 is 0 Å². The maximum absolute atomic E-state index is 12.3. The Morgan fingerprint density at radius 1 is 1.21 bits per heavy atom. The van der Waals surface area contributed by atoms with Crippen molar-refractivity contribution in [1.29, 1.82) is 0 Å². The fraction of sp³-hybridized carbons (Fsp3) is 0.933. The average Bonchev–Trinajstić information content (AvgIpc) is 2.56. The summed E-state index contributed by atoms with van der Waals surface area (Å²) in [4.78, 5) is 14.2. The van der Waals surface area contributed by atoms with Crippen molar-refractivity contribution in [2.45, 2.75) is 83.6 Å². The molecule has 0 saturated carbocycles. The summed E-state index contributed by atoms with van der Waals surface area (Å²) >= 11 is 0. The molecule has 110 valence electrons. The summed E-state index contributed by atoms with van der Waals surface area (Å²) in [6.07, 6.45) is 5.36. The number of piperidine rings is 1. The molecule has 2 fully saturated rings. The highest BCUT2D eigenvalue weighted by molar-refractivity contribution is 5.69. The van der Waals surface area contributed by atoms with E-state index in [1.165, 1.54) is 0 Å². The van der Waals surface area contributed by atoms with E-state index in [1.807, 2.05) is 25.7 Å². The number of hydrogen-bond donors (Lipinski definition) is 0. The number of carbonyl (C=O) groups excluding carboxylic acids is 1. The standard InChI is InChI=1S/C15H27NO3/c1-5-8-18-13-9-11-6-7-12(10-13)16(11)14(17)19-15(2,3)4/h11-13H,5-10H2,1-4H3/t11-,12+,13?. The van der Waals surface area contributed by atoms with Crippen molar-refractivity contribution in [3.05, 3.63) is 0 Å².